The van der Waals surface area contributed by atoms with Crippen molar-refractivity contribution in [2.24, 2.45) is 0 Å². The highest BCUT2D eigenvalue weighted by molar-refractivity contribution is 5.78. The van der Waals surface area contributed by atoms with Crippen LogP contribution in [-0.2, 0) is 11.2 Å². The lowest BCUT2D eigenvalue weighted by atomic mass is 9.97. The minimum atomic E-state index is -0.545. The van der Waals surface area contributed by atoms with Gasteiger partial charge in [-0.1, -0.05) is 0 Å². The van der Waals surface area contributed by atoms with Gasteiger partial charge in [0.15, 0.2) is 0 Å². The number of hydrogen-bond acceptors (Lipinski definition) is 7. The molecule has 1 aromatic carbocycles. The molecule has 0 spiro atoms. The number of ether oxygens (including phenoxy) is 2. The van der Waals surface area contributed by atoms with Crippen molar-refractivity contribution < 1.29 is 19.2 Å². The Kier molecular flexibility index (Phi) is 4.83. The second-order valence-corrected chi connectivity index (χ2v) is 7.38. The number of rotatable bonds is 3. The molecule has 1 fully saturated rings. The molecular formula is C18H22N4O5. The Labute approximate surface area is 157 Å². The van der Waals surface area contributed by atoms with E-state index in [2.05, 4.69) is 11.4 Å². The highest BCUT2D eigenvalue weighted by Crippen LogP contribution is 2.46. The maximum atomic E-state index is 11.7. The Morgan fingerprint density at radius 1 is 1.56 bits per heavy atom. The summed E-state index contributed by atoms with van der Waals surface area (Å²) in [4.78, 5) is 24.5. The summed E-state index contributed by atoms with van der Waals surface area (Å²) < 4.78 is 11.2. The van der Waals surface area contributed by atoms with Crippen molar-refractivity contribution in [1.29, 1.82) is 5.26 Å². The first-order chi connectivity index (χ1) is 12.8. The Morgan fingerprint density at radius 2 is 2.30 bits per heavy atom. The number of piperidine rings is 1. The molecular weight excluding hydrogens is 352 g/mol. The first-order valence-corrected chi connectivity index (χ1v) is 8.82. The second-order valence-electron chi connectivity index (χ2n) is 7.38. The minimum Gasteiger partial charge on any atom is -0.486 e. The van der Waals surface area contributed by atoms with Crippen LogP contribution in [0.1, 0.15) is 37.8 Å². The maximum Gasteiger partial charge on any atom is 0.407 e. The number of amides is 1. The molecule has 1 saturated heterocycles. The topological polar surface area (TPSA) is 118 Å². The van der Waals surface area contributed by atoms with Gasteiger partial charge >= 0.3 is 6.09 Å². The predicted molar refractivity (Wildman–Crippen MR) is 97.0 cm³/mol. The number of nitro groups is 1. The molecule has 0 aliphatic carbocycles. The van der Waals surface area contributed by atoms with Gasteiger partial charge < -0.3 is 19.7 Å². The van der Waals surface area contributed by atoms with E-state index in [1.807, 2.05) is 13.8 Å². The number of hydrogen-bond donors (Lipinski definition) is 1. The molecule has 2 heterocycles. The Balaban J connectivity index is 2.03. The van der Waals surface area contributed by atoms with Crippen molar-refractivity contribution in [3.05, 3.63) is 27.3 Å². The monoisotopic (exact) mass is 374 g/mol. The predicted octanol–water partition coefficient (Wildman–Crippen LogP) is 2.50. The van der Waals surface area contributed by atoms with Gasteiger partial charge in [-0.15, -0.1) is 0 Å². The fraction of sp³-hybridized carbons (Fsp3) is 0.556. The van der Waals surface area contributed by atoms with Gasteiger partial charge in [-0.25, -0.2) is 4.79 Å². The molecule has 2 aliphatic rings. The fourth-order valence-electron chi connectivity index (χ4n) is 3.72. The van der Waals surface area contributed by atoms with E-state index in [9.17, 15) is 20.2 Å². The highest BCUT2D eigenvalue weighted by atomic mass is 16.6. The molecule has 9 nitrogen and oxygen atoms in total. The van der Waals surface area contributed by atoms with Crippen LogP contribution in [0, 0.1) is 21.4 Å². The normalized spacial score (nSPS) is 20.2. The molecule has 1 N–H and O–H groups in total. The van der Waals surface area contributed by atoms with Crippen LogP contribution in [0.25, 0.3) is 0 Å². The van der Waals surface area contributed by atoms with Crippen molar-refractivity contribution in [2.75, 3.05) is 25.0 Å². The van der Waals surface area contributed by atoms with E-state index in [-0.39, 0.29) is 23.5 Å². The molecule has 3 rings (SSSR count). The van der Waals surface area contributed by atoms with Crippen molar-refractivity contribution in [2.45, 2.75) is 44.8 Å². The van der Waals surface area contributed by atoms with Gasteiger partial charge in [0, 0.05) is 31.6 Å². The largest absolute Gasteiger partial charge is 0.486 e. The van der Waals surface area contributed by atoms with Crippen LogP contribution in [0.3, 0.4) is 0 Å². The molecule has 0 bridgehead atoms. The van der Waals surface area contributed by atoms with Crippen molar-refractivity contribution in [3.8, 4) is 11.8 Å². The third kappa shape index (κ3) is 3.60. The quantitative estimate of drug-likeness (QED) is 0.638. The van der Waals surface area contributed by atoms with Gasteiger partial charge in [-0.05, 0) is 26.7 Å². The van der Waals surface area contributed by atoms with Crippen molar-refractivity contribution in [3.63, 3.8) is 0 Å². The molecule has 144 valence electrons. The average molecular weight is 374 g/mol. The van der Waals surface area contributed by atoms with Gasteiger partial charge in [0.2, 0.25) is 0 Å². The van der Waals surface area contributed by atoms with Crippen LogP contribution in [-0.4, -0.2) is 42.9 Å². The molecule has 2 aliphatic heterocycles. The van der Waals surface area contributed by atoms with Crippen molar-refractivity contribution >= 4 is 17.5 Å². The van der Waals surface area contributed by atoms with Gasteiger partial charge in [0.25, 0.3) is 5.69 Å². The van der Waals surface area contributed by atoms with Gasteiger partial charge in [-0.3, -0.25) is 10.1 Å². The Hall–Kier alpha value is -3.02. The lowest BCUT2D eigenvalue weighted by molar-refractivity contribution is -0.384. The molecule has 9 heteroatoms. The number of benzene rings is 1. The fourth-order valence-corrected chi connectivity index (χ4v) is 3.72. The van der Waals surface area contributed by atoms with Gasteiger partial charge in [-0.2, -0.15) is 5.26 Å². The standard InChI is InChI=1S/C18H22N4O5/c1-18(2)8-11-7-14(22(24)25)15(13(9-19)16(11)27-18)21-6-4-5-12(10-21)26-17(23)20-3/h7,12H,4-6,8,10H2,1-3H3,(H,20,23)/t12-/m0/s1. The number of nitro benzene ring substituents is 1. The van der Waals surface area contributed by atoms with E-state index in [1.165, 1.54) is 13.1 Å². The van der Waals surface area contributed by atoms with E-state index < -0.39 is 22.7 Å². The summed E-state index contributed by atoms with van der Waals surface area (Å²) in [5.74, 6) is 0.414. The summed E-state index contributed by atoms with van der Waals surface area (Å²) in [6.07, 6.45) is 0.896. The van der Waals surface area contributed by atoms with E-state index >= 15 is 0 Å². The van der Waals surface area contributed by atoms with Crippen LogP contribution in [0.5, 0.6) is 5.75 Å². The zero-order chi connectivity index (χ0) is 19.8. The SMILES string of the molecule is CNC(=O)O[C@H]1CCCN(c2c([N+](=O)[O-])cc3c(c2C#N)OC(C)(C)C3)C1. The summed E-state index contributed by atoms with van der Waals surface area (Å²) in [7, 11) is 1.47. The minimum absolute atomic E-state index is 0.118. The number of fused-ring (bicyclic) bond motifs is 1. The molecule has 1 aromatic rings. The van der Waals surface area contributed by atoms with Crippen LogP contribution in [0.15, 0.2) is 6.07 Å². The molecule has 27 heavy (non-hydrogen) atoms. The smallest absolute Gasteiger partial charge is 0.407 e. The Bertz CT molecular complexity index is 830. The number of alkyl carbamates (subject to hydrolysis) is 1. The van der Waals surface area contributed by atoms with Gasteiger partial charge in [0.05, 0.1) is 11.5 Å². The van der Waals surface area contributed by atoms with E-state index in [0.29, 0.717) is 37.1 Å². The van der Waals surface area contributed by atoms with E-state index in [1.54, 1.807) is 4.90 Å². The van der Waals surface area contributed by atoms with Crippen molar-refractivity contribution in [1.82, 2.24) is 5.32 Å². The van der Waals surface area contributed by atoms with Crippen LogP contribution in [0.4, 0.5) is 16.2 Å². The maximum absolute atomic E-state index is 11.7. The summed E-state index contributed by atoms with van der Waals surface area (Å²) in [6.45, 7) is 4.58. The molecule has 1 atom stereocenters. The molecule has 0 radical (unpaired) electrons. The number of nitriles is 1. The third-order valence-electron chi connectivity index (χ3n) is 4.78. The number of carbonyl (C=O) groups is 1. The van der Waals surface area contributed by atoms with Gasteiger partial charge in [0.1, 0.15) is 34.8 Å². The van der Waals surface area contributed by atoms with E-state index in [4.69, 9.17) is 9.47 Å². The number of nitrogens with one attached hydrogen (secondary N) is 1. The zero-order valence-corrected chi connectivity index (χ0v) is 15.6. The molecule has 0 saturated carbocycles. The first-order valence-electron chi connectivity index (χ1n) is 8.82. The zero-order valence-electron chi connectivity index (χ0n) is 15.6. The van der Waals surface area contributed by atoms with Crippen LogP contribution < -0.4 is 15.0 Å². The molecule has 0 aromatic heterocycles. The third-order valence-corrected chi connectivity index (χ3v) is 4.78. The molecule has 0 unspecified atom stereocenters. The summed E-state index contributed by atoms with van der Waals surface area (Å²) >= 11 is 0. The lowest BCUT2D eigenvalue weighted by Crippen LogP contribution is -2.42. The summed E-state index contributed by atoms with van der Waals surface area (Å²) in [5.41, 5.74) is 0.441. The second kappa shape index (κ2) is 6.95. The molecule has 1 amide bonds. The number of carbonyl (C=O) groups excluding carboxylic acids is 1. The summed E-state index contributed by atoms with van der Waals surface area (Å²) in [6, 6.07) is 3.61. The summed E-state index contributed by atoms with van der Waals surface area (Å²) in [5, 5.41) is 23.9. The Morgan fingerprint density at radius 3 is 2.93 bits per heavy atom. The van der Waals surface area contributed by atoms with Crippen LogP contribution >= 0.6 is 0 Å². The highest BCUT2D eigenvalue weighted by Gasteiger charge is 2.39. The first kappa shape index (κ1) is 18.8. The van der Waals surface area contributed by atoms with Crippen LogP contribution in [0.2, 0.25) is 0 Å². The average Bonchev–Trinajstić information content (AvgIpc) is 2.93. The van der Waals surface area contributed by atoms with E-state index in [0.717, 1.165) is 0 Å². The number of nitrogens with zero attached hydrogens (tertiary/aromatic N) is 3. The number of anilines is 1. The lowest BCUT2D eigenvalue weighted by Gasteiger charge is -2.34.